The quantitative estimate of drug-likeness (QED) is 0.233. The summed E-state index contributed by atoms with van der Waals surface area (Å²) in [5, 5.41) is 23.3. The molecule has 3 aromatic carbocycles. The predicted molar refractivity (Wildman–Crippen MR) is 111 cm³/mol. The molecule has 0 saturated heterocycles. The van der Waals surface area contributed by atoms with Crippen LogP contribution in [0.2, 0.25) is 10.0 Å². The van der Waals surface area contributed by atoms with Crippen LogP contribution in [0.4, 0.5) is 10.1 Å². The van der Waals surface area contributed by atoms with E-state index in [2.05, 4.69) is 10.5 Å². The second-order valence-corrected chi connectivity index (χ2v) is 6.79. The normalized spacial score (nSPS) is 11.6. The van der Waals surface area contributed by atoms with Crippen LogP contribution in [-0.4, -0.2) is 16.4 Å². The standard InChI is InChI=1S/C20H11Cl2FN2O4/c21-14-17(27)13-16(26)10-5-3-4-9(19(10)29-20(13)15(22)18(14)28)8-24-25-12-7-2-1-6-11(12)23/h1-8,25,27-28H/b24-8+. The number of hydrazone groups is 1. The molecule has 0 saturated carbocycles. The predicted octanol–water partition coefficient (Wildman–Crippen LogP) is 5.25. The summed E-state index contributed by atoms with van der Waals surface area (Å²) in [6, 6.07) is 10.7. The maximum atomic E-state index is 13.7. The number of nitrogens with one attached hydrogen (secondary N) is 1. The van der Waals surface area contributed by atoms with Crippen molar-refractivity contribution in [3.05, 3.63) is 74.1 Å². The maximum absolute atomic E-state index is 13.7. The van der Waals surface area contributed by atoms with Gasteiger partial charge in [0.05, 0.1) is 17.3 Å². The van der Waals surface area contributed by atoms with Crippen molar-refractivity contribution >= 4 is 57.0 Å². The Kier molecular flexibility index (Phi) is 4.77. The third kappa shape index (κ3) is 3.14. The minimum Gasteiger partial charge on any atom is -0.505 e. The second-order valence-electron chi connectivity index (χ2n) is 6.03. The van der Waals surface area contributed by atoms with Crippen LogP contribution in [0.25, 0.3) is 21.9 Å². The van der Waals surface area contributed by atoms with Gasteiger partial charge in [0.1, 0.15) is 26.8 Å². The fraction of sp³-hybridized carbons (Fsp3) is 0. The molecule has 0 spiro atoms. The van der Waals surface area contributed by atoms with E-state index in [9.17, 15) is 19.4 Å². The molecule has 0 amide bonds. The largest absolute Gasteiger partial charge is 0.505 e. The van der Waals surface area contributed by atoms with Gasteiger partial charge < -0.3 is 14.6 Å². The highest BCUT2D eigenvalue weighted by atomic mass is 35.5. The lowest BCUT2D eigenvalue weighted by atomic mass is 10.1. The van der Waals surface area contributed by atoms with Crippen LogP contribution in [0.15, 0.2) is 56.8 Å². The van der Waals surface area contributed by atoms with Crippen molar-refractivity contribution in [2.24, 2.45) is 5.10 Å². The Morgan fingerprint density at radius 2 is 1.76 bits per heavy atom. The third-order valence-corrected chi connectivity index (χ3v) is 4.98. The summed E-state index contributed by atoms with van der Waals surface area (Å²) >= 11 is 11.9. The molecule has 146 valence electrons. The van der Waals surface area contributed by atoms with Gasteiger partial charge in [-0.05, 0) is 24.3 Å². The zero-order chi connectivity index (χ0) is 20.7. The molecule has 0 aliphatic rings. The number of nitrogens with zero attached hydrogens (tertiary/aromatic N) is 1. The zero-order valence-corrected chi connectivity index (χ0v) is 15.9. The Morgan fingerprint density at radius 3 is 2.52 bits per heavy atom. The Bertz CT molecular complexity index is 1370. The average molecular weight is 433 g/mol. The van der Waals surface area contributed by atoms with Gasteiger partial charge in [0.15, 0.2) is 17.1 Å². The van der Waals surface area contributed by atoms with Gasteiger partial charge in [-0.2, -0.15) is 5.10 Å². The van der Waals surface area contributed by atoms with Gasteiger partial charge in [-0.25, -0.2) is 4.39 Å². The molecular weight excluding hydrogens is 422 g/mol. The van der Waals surface area contributed by atoms with Crippen molar-refractivity contribution in [2.75, 3.05) is 5.43 Å². The number of rotatable bonds is 3. The number of hydrogen-bond acceptors (Lipinski definition) is 6. The number of aromatic hydroxyl groups is 2. The first kappa shape index (κ1) is 19.0. The Balaban J connectivity index is 1.90. The van der Waals surface area contributed by atoms with E-state index in [1.54, 1.807) is 24.3 Å². The molecule has 6 nitrogen and oxygen atoms in total. The first-order valence-corrected chi connectivity index (χ1v) is 8.97. The van der Waals surface area contributed by atoms with E-state index in [0.717, 1.165) is 0 Å². The number of hydrogen-bond donors (Lipinski definition) is 3. The number of para-hydroxylation sites is 2. The summed E-state index contributed by atoms with van der Waals surface area (Å²) < 4.78 is 19.4. The minimum absolute atomic E-state index is 0.118. The van der Waals surface area contributed by atoms with Gasteiger partial charge in [0, 0.05) is 5.56 Å². The van der Waals surface area contributed by atoms with E-state index in [1.165, 1.54) is 24.4 Å². The van der Waals surface area contributed by atoms with E-state index in [1.807, 2.05) is 0 Å². The summed E-state index contributed by atoms with van der Waals surface area (Å²) in [5.41, 5.74) is 2.44. The average Bonchev–Trinajstić information content (AvgIpc) is 2.72. The van der Waals surface area contributed by atoms with Crippen LogP contribution in [0, 0.1) is 5.82 Å². The van der Waals surface area contributed by atoms with Crippen molar-refractivity contribution in [1.29, 1.82) is 0 Å². The Labute approximate surface area is 172 Å². The molecule has 9 heteroatoms. The monoisotopic (exact) mass is 432 g/mol. The van der Waals surface area contributed by atoms with Gasteiger partial charge in [0.25, 0.3) is 0 Å². The molecule has 0 aliphatic heterocycles. The van der Waals surface area contributed by atoms with Gasteiger partial charge in [-0.3, -0.25) is 10.2 Å². The highest BCUT2D eigenvalue weighted by Gasteiger charge is 2.22. The van der Waals surface area contributed by atoms with Crippen LogP contribution in [0.3, 0.4) is 0 Å². The van der Waals surface area contributed by atoms with Crippen molar-refractivity contribution in [2.45, 2.75) is 0 Å². The van der Waals surface area contributed by atoms with Gasteiger partial charge >= 0.3 is 0 Å². The van der Waals surface area contributed by atoms with Crippen LogP contribution >= 0.6 is 23.2 Å². The number of phenolic OH excluding ortho intramolecular Hbond substituents is 2. The molecule has 0 unspecified atom stereocenters. The molecule has 0 aliphatic carbocycles. The first-order valence-electron chi connectivity index (χ1n) is 8.22. The van der Waals surface area contributed by atoms with Gasteiger partial charge in [0.2, 0.25) is 5.43 Å². The summed E-state index contributed by atoms with van der Waals surface area (Å²) in [6.07, 6.45) is 1.34. The number of benzene rings is 3. The number of halogens is 3. The maximum Gasteiger partial charge on any atom is 0.204 e. The zero-order valence-electron chi connectivity index (χ0n) is 14.4. The second kappa shape index (κ2) is 7.27. The lowest BCUT2D eigenvalue weighted by Gasteiger charge is -2.09. The van der Waals surface area contributed by atoms with Gasteiger partial charge in [-0.1, -0.05) is 41.4 Å². The highest BCUT2D eigenvalue weighted by Crippen LogP contribution is 2.45. The number of phenols is 2. The highest BCUT2D eigenvalue weighted by molar-refractivity contribution is 6.42. The molecule has 0 radical (unpaired) electrons. The molecule has 0 bridgehead atoms. The molecule has 0 fully saturated rings. The minimum atomic E-state index is -0.625. The smallest absolute Gasteiger partial charge is 0.204 e. The summed E-state index contributed by atoms with van der Waals surface area (Å²) in [5.74, 6) is -1.71. The Morgan fingerprint density at radius 1 is 1.00 bits per heavy atom. The van der Waals surface area contributed by atoms with E-state index < -0.39 is 27.8 Å². The Hall–Kier alpha value is -3.29. The summed E-state index contributed by atoms with van der Waals surface area (Å²) in [7, 11) is 0. The first-order chi connectivity index (χ1) is 13.9. The summed E-state index contributed by atoms with van der Waals surface area (Å²) in [6.45, 7) is 0. The van der Waals surface area contributed by atoms with E-state index in [4.69, 9.17) is 27.6 Å². The fourth-order valence-corrected chi connectivity index (χ4v) is 3.32. The van der Waals surface area contributed by atoms with Crippen LogP contribution < -0.4 is 10.9 Å². The van der Waals surface area contributed by atoms with Crippen molar-refractivity contribution in [3.63, 3.8) is 0 Å². The molecule has 29 heavy (non-hydrogen) atoms. The molecule has 1 heterocycles. The van der Waals surface area contributed by atoms with Crippen LogP contribution in [0.1, 0.15) is 5.56 Å². The van der Waals surface area contributed by atoms with Gasteiger partial charge in [-0.15, -0.1) is 0 Å². The lowest BCUT2D eigenvalue weighted by molar-refractivity contribution is 0.453. The topological polar surface area (TPSA) is 95.1 Å². The van der Waals surface area contributed by atoms with E-state index in [-0.39, 0.29) is 32.6 Å². The third-order valence-electron chi connectivity index (χ3n) is 4.27. The SMILES string of the molecule is O=c1c2cccc(/C=N/Nc3ccccc3F)c2oc2c(Cl)c(O)c(Cl)c(O)c12. The van der Waals surface area contributed by atoms with Crippen LogP contribution in [0.5, 0.6) is 11.5 Å². The molecule has 4 rings (SSSR count). The molecule has 3 N–H and O–H groups in total. The molecule has 4 aromatic rings. The van der Waals surface area contributed by atoms with Crippen molar-refractivity contribution in [1.82, 2.24) is 0 Å². The lowest BCUT2D eigenvalue weighted by Crippen LogP contribution is -2.04. The number of fused-ring (bicyclic) bond motifs is 2. The van der Waals surface area contributed by atoms with Crippen molar-refractivity contribution in [3.8, 4) is 11.5 Å². The van der Waals surface area contributed by atoms with E-state index in [0.29, 0.717) is 5.56 Å². The fourth-order valence-electron chi connectivity index (χ4n) is 2.86. The summed E-state index contributed by atoms with van der Waals surface area (Å²) in [4.78, 5) is 12.9. The molecular formula is C20H11Cl2FN2O4. The molecule has 0 atom stereocenters. The van der Waals surface area contributed by atoms with Crippen LogP contribution in [-0.2, 0) is 0 Å². The van der Waals surface area contributed by atoms with E-state index >= 15 is 0 Å². The number of anilines is 1. The van der Waals surface area contributed by atoms with Crippen molar-refractivity contribution < 1.29 is 19.0 Å². The molecule has 1 aromatic heterocycles.